The number of hydrogen-bond acceptors (Lipinski definition) is 13. The molecule has 3 saturated heterocycles. The Morgan fingerprint density at radius 2 is 1.69 bits per heavy atom. The number of alkyl halides is 3. The van der Waals surface area contributed by atoms with E-state index in [0.717, 1.165) is 58.0 Å². The highest BCUT2D eigenvalue weighted by Crippen LogP contribution is 2.40. The van der Waals surface area contributed by atoms with Crippen molar-refractivity contribution in [2.75, 3.05) is 62.4 Å². The van der Waals surface area contributed by atoms with Crippen LogP contribution >= 0.6 is 23.6 Å². The average molecular weight is 1080 g/mol. The molecule has 0 bridgehead atoms. The first-order valence-corrected chi connectivity index (χ1v) is 26.3. The molecule has 4 aromatic rings. The molecule has 3 aliphatic rings. The van der Waals surface area contributed by atoms with E-state index in [4.69, 9.17) is 26.4 Å². The first kappa shape index (κ1) is 56.7. The van der Waals surface area contributed by atoms with Crippen LogP contribution in [0.5, 0.6) is 5.75 Å². The number of rotatable bonds is 19. The van der Waals surface area contributed by atoms with E-state index in [9.17, 15) is 42.7 Å². The number of morpholine rings is 1. The van der Waals surface area contributed by atoms with Crippen molar-refractivity contribution < 1.29 is 51.7 Å². The Labute approximate surface area is 445 Å². The smallest absolute Gasteiger partial charge is 0.417 e. The number of amides is 4. The zero-order valence-corrected chi connectivity index (χ0v) is 44.9. The van der Waals surface area contributed by atoms with E-state index < -0.39 is 58.3 Å². The van der Waals surface area contributed by atoms with Crippen molar-refractivity contribution in [3.05, 3.63) is 94.6 Å². The lowest BCUT2D eigenvalue weighted by atomic mass is 9.85. The van der Waals surface area contributed by atoms with Gasteiger partial charge in [-0.1, -0.05) is 45.0 Å². The highest BCUT2D eigenvalue weighted by Gasteiger charge is 2.51. The number of halogens is 3. The van der Waals surface area contributed by atoms with Gasteiger partial charge >= 0.3 is 6.18 Å². The summed E-state index contributed by atoms with van der Waals surface area (Å²) in [5.41, 5.74) is 1.51. The Kier molecular flexibility index (Phi) is 18.1. The van der Waals surface area contributed by atoms with Crippen LogP contribution in [0.15, 0.2) is 72.2 Å². The van der Waals surface area contributed by atoms with Crippen LogP contribution in [0.1, 0.15) is 95.7 Å². The van der Waals surface area contributed by atoms with Gasteiger partial charge in [-0.25, -0.2) is 4.98 Å². The average Bonchev–Trinajstić information content (AvgIpc) is 4.03. The van der Waals surface area contributed by atoms with Crippen LogP contribution in [-0.2, 0) is 34.8 Å². The van der Waals surface area contributed by atoms with Crippen LogP contribution in [0.3, 0.4) is 0 Å². The summed E-state index contributed by atoms with van der Waals surface area (Å²) in [6, 6.07) is 17.2. The molecule has 0 unspecified atom stereocenters. The number of anilines is 2. The van der Waals surface area contributed by atoms with Crippen molar-refractivity contribution in [2.24, 2.45) is 5.41 Å². The van der Waals surface area contributed by atoms with Gasteiger partial charge in [0.25, 0.3) is 5.91 Å². The fraction of sp³-hybridized carbons (Fsp3) is 0.500. The minimum absolute atomic E-state index is 0.000289. The van der Waals surface area contributed by atoms with Crippen molar-refractivity contribution in [3.63, 3.8) is 0 Å². The normalized spacial score (nSPS) is 20.0. The number of likely N-dealkylation sites (tertiary alicyclic amines) is 1. The van der Waals surface area contributed by atoms with Crippen molar-refractivity contribution in [1.29, 1.82) is 5.26 Å². The van der Waals surface area contributed by atoms with Gasteiger partial charge in [0, 0.05) is 38.3 Å². The van der Waals surface area contributed by atoms with E-state index in [-0.39, 0.29) is 54.3 Å². The molecule has 3 aromatic carbocycles. The lowest BCUT2D eigenvalue weighted by Crippen LogP contribution is -2.59. The third kappa shape index (κ3) is 13.5. The van der Waals surface area contributed by atoms with Gasteiger partial charge in [-0.05, 0) is 118 Å². The van der Waals surface area contributed by atoms with Gasteiger partial charge in [0.2, 0.25) is 17.7 Å². The fourth-order valence-corrected chi connectivity index (χ4v) is 10.8. The number of nitrogens with one attached hydrogen (secondary N) is 2. The van der Waals surface area contributed by atoms with E-state index in [1.807, 2.05) is 69.3 Å². The Balaban J connectivity index is 0.813. The molecule has 5 atom stereocenters. The molecule has 0 aliphatic carbocycles. The number of β-amino-alcohol motifs (C(OH)–C–C–N with tert-alkyl or cyclic N) is 1. The summed E-state index contributed by atoms with van der Waals surface area (Å²) in [5, 5.41) is 25.9. The number of aromatic nitrogens is 1. The number of unbranched alkanes of at least 4 members (excludes halogenated alkanes) is 2. The number of nitriles is 1. The number of nitrogens with zero attached hydrogens (tertiary/aromatic N) is 6. The van der Waals surface area contributed by atoms with Gasteiger partial charge in [-0.3, -0.25) is 29.0 Å². The molecule has 1 aromatic heterocycles. The number of aliphatic hydroxyl groups excluding tert-OH is 1. The molecular weight excluding hydrogens is 1010 g/mol. The molecule has 0 radical (unpaired) electrons. The largest absolute Gasteiger partial charge is 0.494 e. The van der Waals surface area contributed by atoms with Gasteiger partial charge in [0.15, 0.2) is 5.11 Å². The van der Waals surface area contributed by atoms with E-state index in [1.54, 1.807) is 60.4 Å². The number of thiocarbonyl (C=S) groups is 1. The molecule has 16 nitrogen and oxygen atoms in total. The summed E-state index contributed by atoms with van der Waals surface area (Å²) in [4.78, 5) is 66.6. The first-order chi connectivity index (χ1) is 35.5. The number of aliphatic hydroxyl groups is 1. The fourth-order valence-electron chi connectivity index (χ4n) is 9.49. The molecule has 7 rings (SSSR count). The van der Waals surface area contributed by atoms with Gasteiger partial charge < -0.3 is 39.8 Å². The summed E-state index contributed by atoms with van der Waals surface area (Å²) in [5.74, 6) is -1.08. The Morgan fingerprint density at radius 3 is 2.35 bits per heavy atom. The van der Waals surface area contributed by atoms with E-state index in [1.165, 1.54) is 11.0 Å². The Bertz CT molecular complexity index is 2740. The number of carbonyl (C=O) groups is 4. The number of benzene rings is 3. The summed E-state index contributed by atoms with van der Waals surface area (Å²) in [6.07, 6.45) is -3.52. The maximum atomic E-state index is 14.2. The summed E-state index contributed by atoms with van der Waals surface area (Å²) in [6.45, 7) is 15.3. The van der Waals surface area contributed by atoms with Gasteiger partial charge in [-0.2, -0.15) is 18.4 Å². The number of aryl methyl sites for hydroxylation is 1. The predicted octanol–water partition coefficient (Wildman–Crippen LogP) is 7.56. The predicted molar refractivity (Wildman–Crippen MR) is 282 cm³/mol. The number of hydrogen-bond donors (Lipinski definition) is 3. The summed E-state index contributed by atoms with van der Waals surface area (Å²) in [7, 11) is 0. The van der Waals surface area contributed by atoms with Crippen LogP contribution < -0.4 is 25.2 Å². The molecule has 3 N–H and O–H groups in total. The second-order valence-electron chi connectivity index (χ2n) is 20.7. The topological polar surface area (TPSA) is 190 Å². The minimum atomic E-state index is -4.80. The highest BCUT2D eigenvalue weighted by molar-refractivity contribution is 7.81. The van der Waals surface area contributed by atoms with Crippen molar-refractivity contribution in [1.82, 2.24) is 25.4 Å². The van der Waals surface area contributed by atoms with Crippen LogP contribution in [0, 0.1) is 23.7 Å². The van der Waals surface area contributed by atoms with E-state index in [2.05, 4.69) is 15.6 Å². The molecule has 21 heteroatoms. The molecule has 0 spiro atoms. The highest BCUT2D eigenvalue weighted by atomic mass is 32.1. The minimum Gasteiger partial charge on any atom is -0.494 e. The van der Waals surface area contributed by atoms with Crippen LogP contribution in [0.2, 0.25) is 0 Å². The molecule has 4 heterocycles. The van der Waals surface area contributed by atoms with Gasteiger partial charge in [0.05, 0.1) is 83.6 Å². The molecule has 0 saturated carbocycles. The van der Waals surface area contributed by atoms with Crippen LogP contribution in [0.25, 0.3) is 10.4 Å². The third-order valence-electron chi connectivity index (χ3n) is 13.6. The quantitative estimate of drug-likeness (QED) is 0.0617. The second-order valence-corrected chi connectivity index (χ2v) is 22.0. The second kappa shape index (κ2) is 23.9. The Morgan fingerprint density at radius 1 is 1.00 bits per heavy atom. The van der Waals surface area contributed by atoms with Crippen LogP contribution in [0.4, 0.5) is 24.5 Å². The summed E-state index contributed by atoms with van der Waals surface area (Å²) < 4.78 is 59.1. The zero-order chi connectivity index (χ0) is 54.4. The lowest BCUT2D eigenvalue weighted by molar-refractivity contribution is -0.144. The van der Waals surface area contributed by atoms with E-state index in [0.29, 0.717) is 51.0 Å². The summed E-state index contributed by atoms with van der Waals surface area (Å²) >= 11 is 7.21. The lowest BCUT2D eigenvalue weighted by Gasteiger charge is -2.37. The Hall–Kier alpha value is -6.02. The molecule has 4 amide bonds. The van der Waals surface area contributed by atoms with Crippen molar-refractivity contribution >= 4 is 63.7 Å². The first-order valence-electron chi connectivity index (χ1n) is 25.0. The zero-order valence-electron chi connectivity index (χ0n) is 43.2. The molecule has 3 fully saturated rings. The maximum Gasteiger partial charge on any atom is 0.417 e. The van der Waals surface area contributed by atoms with Crippen molar-refractivity contribution in [2.45, 2.75) is 116 Å². The monoisotopic (exact) mass is 1070 g/mol. The molecule has 75 heavy (non-hydrogen) atoms. The number of thiazole rings is 1. The van der Waals surface area contributed by atoms with Crippen LogP contribution in [-0.4, -0.2) is 131 Å². The number of carbonyl (C=O) groups excluding carboxylic acids is 4. The molecule has 3 aliphatic heterocycles. The molecular formula is C54H65F3N8O8S2. The third-order valence-corrected chi connectivity index (χ3v) is 14.9. The SMILES string of the molecule is Cc1ncsc1-c1ccc([C@H](C)NC(=O)[C@@H]2C[C@@H](O)CN2C(=O)[C@@H](NC(=O)CN2CCO[C@H](COCCCCCOc3ccc(N4C(=S)N(c5ccc(C#N)c(C(F)(F)F)c5)C(=O)C4(C)C)cc3)C2)C(C)(C)C)cc1. The van der Waals surface area contributed by atoms with Gasteiger partial charge in [-0.15, -0.1) is 11.3 Å². The van der Waals surface area contributed by atoms with E-state index >= 15 is 0 Å². The standard InChI is InChI=1S/C54H65F3N8O8S2/c1-33(35-11-13-36(14-12-35)46-34(2)59-32-75-46)60-48(68)44-26-40(66)28-63(44)49(69)47(52(3,4)5)61-45(67)30-62-21-24-73-42(29-62)31-71-22-9-8-10-23-72-41-19-17-38(18-20-41)65-51(74)64(50(70)53(65,6)7)39-16-15-37(27-58)43(25-39)54(55,56)57/h11-20,25,32-33,40,42,44,47,66H,8-10,21-24,26,28-31H2,1-7H3,(H,60,68)(H,61,67)/t33-,40+,42-,44-,47+/m0/s1. The van der Waals surface area contributed by atoms with Crippen molar-refractivity contribution in [3.8, 4) is 22.3 Å². The molecule has 402 valence electrons. The maximum absolute atomic E-state index is 14.2. The van der Waals surface area contributed by atoms with Gasteiger partial charge in [0.1, 0.15) is 23.4 Å². The number of ether oxygens (including phenoxy) is 3.